The molecule has 0 amide bonds. The Kier molecular flexibility index (Phi) is 2.47. The average molecular weight is 207 g/mol. The Morgan fingerprint density at radius 2 is 2.33 bits per heavy atom. The Hall–Kier alpha value is -1.38. The van der Waals surface area contributed by atoms with Crippen molar-refractivity contribution in [2.75, 3.05) is 18.5 Å². The second kappa shape index (κ2) is 3.65. The fourth-order valence-electron chi connectivity index (χ4n) is 2.30. The van der Waals surface area contributed by atoms with Gasteiger partial charge in [-0.15, -0.1) is 0 Å². The van der Waals surface area contributed by atoms with E-state index in [0.717, 1.165) is 12.2 Å². The summed E-state index contributed by atoms with van der Waals surface area (Å²) in [5.41, 5.74) is 1.62. The first kappa shape index (κ1) is 10.1. The molecule has 80 valence electrons. The van der Waals surface area contributed by atoms with Gasteiger partial charge in [0.1, 0.15) is 11.6 Å². The molecule has 1 heterocycles. The molecular formula is C12H14FNO. The van der Waals surface area contributed by atoms with Gasteiger partial charge in [0, 0.05) is 37.2 Å². The molecule has 0 radical (unpaired) electrons. The van der Waals surface area contributed by atoms with E-state index in [9.17, 15) is 9.18 Å². The fourth-order valence-corrected chi connectivity index (χ4v) is 2.30. The van der Waals surface area contributed by atoms with Crippen molar-refractivity contribution in [1.82, 2.24) is 0 Å². The van der Waals surface area contributed by atoms with Gasteiger partial charge in [-0.1, -0.05) is 6.07 Å². The number of nitrogens with zero attached hydrogens (tertiary/aromatic N) is 1. The molecule has 0 saturated heterocycles. The highest BCUT2D eigenvalue weighted by atomic mass is 19.1. The van der Waals surface area contributed by atoms with Crippen LogP contribution in [0.15, 0.2) is 18.2 Å². The second-order valence-electron chi connectivity index (χ2n) is 4.16. The lowest BCUT2D eigenvalue weighted by Gasteiger charge is -2.11. The van der Waals surface area contributed by atoms with E-state index in [-0.39, 0.29) is 17.5 Å². The van der Waals surface area contributed by atoms with Crippen LogP contribution in [-0.2, 0) is 4.79 Å². The summed E-state index contributed by atoms with van der Waals surface area (Å²) < 4.78 is 13.6. The van der Waals surface area contributed by atoms with E-state index in [0.29, 0.717) is 12.0 Å². The predicted molar refractivity (Wildman–Crippen MR) is 57.7 cm³/mol. The van der Waals surface area contributed by atoms with Gasteiger partial charge < -0.3 is 9.69 Å². The maximum Gasteiger partial charge on any atom is 0.130 e. The van der Waals surface area contributed by atoms with Crippen molar-refractivity contribution >= 4 is 11.5 Å². The molecular weight excluding hydrogens is 193 g/mol. The first-order chi connectivity index (χ1) is 7.09. The Morgan fingerprint density at radius 1 is 1.60 bits per heavy atom. The first-order valence-electron chi connectivity index (χ1n) is 5.08. The summed E-state index contributed by atoms with van der Waals surface area (Å²) in [4.78, 5) is 13.1. The van der Waals surface area contributed by atoms with Crippen LogP contribution in [0.4, 0.5) is 10.1 Å². The van der Waals surface area contributed by atoms with Crippen LogP contribution in [0.1, 0.15) is 24.8 Å². The zero-order valence-electron chi connectivity index (χ0n) is 8.96. The third kappa shape index (κ3) is 1.74. The molecule has 1 aromatic rings. The third-order valence-electron chi connectivity index (χ3n) is 2.88. The number of rotatable bonds is 2. The van der Waals surface area contributed by atoms with Gasteiger partial charge in [-0.25, -0.2) is 4.39 Å². The summed E-state index contributed by atoms with van der Waals surface area (Å²) in [7, 11) is 1.93. The minimum atomic E-state index is -0.192. The maximum atomic E-state index is 13.6. The molecule has 0 aromatic heterocycles. The van der Waals surface area contributed by atoms with Gasteiger partial charge in [0.05, 0.1) is 0 Å². The highest BCUT2D eigenvalue weighted by molar-refractivity contribution is 5.78. The van der Waals surface area contributed by atoms with Crippen molar-refractivity contribution in [3.05, 3.63) is 29.6 Å². The Morgan fingerprint density at radius 3 is 3.00 bits per heavy atom. The van der Waals surface area contributed by atoms with Crippen molar-refractivity contribution < 1.29 is 9.18 Å². The normalized spacial score (nSPS) is 19.1. The zero-order chi connectivity index (χ0) is 11.0. The second-order valence-corrected chi connectivity index (χ2v) is 4.16. The van der Waals surface area contributed by atoms with Crippen molar-refractivity contribution in [3.63, 3.8) is 0 Å². The molecule has 1 aromatic carbocycles. The SMILES string of the molecule is CC(=O)CC1CN(C)c2cccc(F)c21. The number of halogens is 1. The summed E-state index contributed by atoms with van der Waals surface area (Å²) in [6.45, 7) is 2.29. The Balaban J connectivity index is 2.39. The lowest BCUT2D eigenvalue weighted by Crippen LogP contribution is -2.16. The molecule has 1 unspecified atom stereocenters. The lowest BCUT2D eigenvalue weighted by molar-refractivity contribution is -0.117. The van der Waals surface area contributed by atoms with Crippen LogP contribution in [0.3, 0.4) is 0 Å². The van der Waals surface area contributed by atoms with E-state index >= 15 is 0 Å². The zero-order valence-corrected chi connectivity index (χ0v) is 8.96. The van der Waals surface area contributed by atoms with Gasteiger partial charge in [-0.3, -0.25) is 0 Å². The number of carbonyl (C=O) groups is 1. The molecule has 3 heteroatoms. The quantitative estimate of drug-likeness (QED) is 0.741. The van der Waals surface area contributed by atoms with E-state index < -0.39 is 0 Å². The van der Waals surface area contributed by atoms with Crippen molar-refractivity contribution in [1.29, 1.82) is 0 Å². The number of hydrogen-bond donors (Lipinski definition) is 0. The molecule has 1 aliphatic rings. The smallest absolute Gasteiger partial charge is 0.130 e. The molecule has 0 N–H and O–H groups in total. The predicted octanol–water partition coefficient (Wildman–Crippen LogP) is 2.34. The minimum absolute atomic E-state index is 0.0173. The summed E-state index contributed by atoms with van der Waals surface area (Å²) in [5, 5.41) is 0. The number of anilines is 1. The first-order valence-corrected chi connectivity index (χ1v) is 5.08. The summed E-state index contributed by atoms with van der Waals surface area (Å²) in [6.07, 6.45) is 0.429. The number of fused-ring (bicyclic) bond motifs is 1. The number of ketones is 1. The molecule has 0 saturated carbocycles. The summed E-state index contributed by atoms with van der Waals surface area (Å²) in [6, 6.07) is 5.07. The van der Waals surface area contributed by atoms with Gasteiger partial charge >= 0.3 is 0 Å². The highest BCUT2D eigenvalue weighted by Crippen LogP contribution is 2.38. The number of carbonyl (C=O) groups excluding carboxylic acids is 1. The van der Waals surface area contributed by atoms with E-state index in [1.165, 1.54) is 6.07 Å². The van der Waals surface area contributed by atoms with Crippen molar-refractivity contribution in [2.45, 2.75) is 19.3 Å². The molecule has 15 heavy (non-hydrogen) atoms. The van der Waals surface area contributed by atoms with E-state index in [1.807, 2.05) is 18.0 Å². The van der Waals surface area contributed by atoms with Crippen LogP contribution < -0.4 is 4.90 Å². The molecule has 1 aliphatic heterocycles. The number of hydrogen-bond acceptors (Lipinski definition) is 2. The molecule has 0 fully saturated rings. The van der Waals surface area contributed by atoms with Gasteiger partial charge in [0.25, 0.3) is 0 Å². The summed E-state index contributed by atoms with van der Waals surface area (Å²) in [5.74, 6) is -0.0590. The van der Waals surface area contributed by atoms with E-state index in [1.54, 1.807) is 13.0 Å². The highest BCUT2D eigenvalue weighted by Gasteiger charge is 2.29. The lowest BCUT2D eigenvalue weighted by atomic mass is 9.96. The maximum absolute atomic E-state index is 13.6. The van der Waals surface area contributed by atoms with E-state index in [2.05, 4.69) is 0 Å². The number of likely N-dealkylation sites (N-methyl/N-ethyl adjacent to an activating group) is 1. The number of Topliss-reactive ketones (excluding diaryl/α,β-unsaturated/α-hetero) is 1. The van der Waals surface area contributed by atoms with Crippen LogP contribution in [0.2, 0.25) is 0 Å². The molecule has 2 nitrogen and oxygen atoms in total. The average Bonchev–Trinajstić information content (AvgIpc) is 2.44. The van der Waals surface area contributed by atoms with E-state index in [4.69, 9.17) is 0 Å². The monoisotopic (exact) mass is 207 g/mol. The molecule has 0 aliphatic carbocycles. The van der Waals surface area contributed by atoms with Gasteiger partial charge in [0.15, 0.2) is 0 Å². The molecule has 0 spiro atoms. The van der Waals surface area contributed by atoms with Gasteiger partial charge in [-0.05, 0) is 19.1 Å². The van der Waals surface area contributed by atoms with Crippen molar-refractivity contribution in [2.24, 2.45) is 0 Å². The van der Waals surface area contributed by atoms with Crippen LogP contribution >= 0.6 is 0 Å². The van der Waals surface area contributed by atoms with Crippen LogP contribution in [0.25, 0.3) is 0 Å². The Labute approximate surface area is 88.7 Å². The Bertz CT molecular complexity index is 403. The topological polar surface area (TPSA) is 20.3 Å². The number of benzene rings is 1. The largest absolute Gasteiger partial charge is 0.374 e. The fraction of sp³-hybridized carbons (Fsp3) is 0.417. The van der Waals surface area contributed by atoms with Gasteiger partial charge in [-0.2, -0.15) is 0 Å². The van der Waals surface area contributed by atoms with Gasteiger partial charge in [0.2, 0.25) is 0 Å². The van der Waals surface area contributed by atoms with Crippen LogP contribution in [0.5, 0.6) is 0 Å². The van der Waals surface area contributed by atoms with Crippen LogP contribution in [0, 0.1) is 5.82 Å². The summed E-state index contributed by atoms with van der Waals surface area (Å²) >= 11 is 0. The molecule has 1 atom stereocenters. The molecule has 0 bridgehead atoms. The molecule has 2 rings (SSSR count). The standard InChI is InChI=1S/C12H14FNO/c1-8(15)6-9-7-14(2)11-5-3-4-10(13)12(9)11/h3-5,9H,6-7H2,1-2H3. The third-order valence-corrected chi connectivity index (χ3v) is 2.88. The minimum Gasteiger partial charge on any atom is -0.374 e. The van der Waals surface area contributed by atoms with Crippen LogP contribution in [-0.4, -0.2) is 19.4 Å². The van der Waals surface area contributed by atoms with Crippen molar-refractivity contribution in [3.8, 4) is 0 Å².